The molecule has 3 heterocycles. The second kappa shape index (κ2) is 6.54. The molecule has 3 unspecified atom stereocenters. The van der Waals surface area contributed by atoms with Gasteiger partial charge in [-0.3, -0.25) is 4.79 Å². The smallest absolute Gasteiger partial charge is 0.317 e. The number of carbonyl (C=O) groups excluding carboxylic acids is 2. The Labute approximate surface area is 144 Å². The Morgan fingerprint density at radius 3 is 2.83 bits per heavy atom. The van der Waals surface area contributed by atoms with Crippen LogP contribution < -0.4 is 10.6 Å². The van der Waals surface area contributed by atoms with Crippen molar-refractivity contribution in [1.29, 1.82) is 0 Å². The van der Waals surface area contributed by atoms with Crippen molar-refractivity contribution < 1.29 is 14.3 Å². The molecule has 2 N–H and O–H groups in total. The van der Waals surface area contributed by atoms with Crippen LogP contribution in [0.25, 0.3) is 0 Å². The Morgan fingerprint density at radius 2 is 2.17 bits per heavy atom. The molecule has 0 saturated carbocycles. The van der Waals surface area contributed by atoms with Crippen LogP contribution in [0, 0.1) is 11.3 Å². The minimum absolute atomic E-state index is 0.0122. The summed E-state index contributed by atoms with van der Waals surface area (Å²) >= 11 is 0. The molecule has 0 aromatic heterocycles. The second-order valence-corrected chi connectivity index (χ2v) is 8.59. The molecular weight excluding hydrogens is 306 g/mol. The highest BCUT2D eigenvalue weighted by atomic mass is 16.5. The van der Waals surface area contributed by atoms with Crippen LogP contribution in [0.3, 0.4) is 0 Å². The Balaban J connectivity index is 1.57. The van der Waals surface area contributed by atoms with Crippen LogP contribution in [0.1, 0.15) is 52.9 Å². The molecule has 3 atom stereocenters. The highest BCUT2D eigenvalue weighted by molar-refractivity contribution is 5.78. The van der Waals surface area contributed by atoms with E-state index in [0.29, 0.717) is 25.4 Å². The molecule has 3 saturated heterocycles. The summed E-state index contributed by atoms with van der Waals surface area (Å²) in [5, 5.41) is 6.17. The van der Waals surface area contributed by atoms with Crippen molar-refractivity contribution in [2.24, 2.45) is 11.3 Å². The van der Waals surface area contributed by atoms with Gasteiger partial charge in [0.1, 0.15) is 0 Å². The van der Waals surface area contributed by atoms with E-state index in [-0.39, 0.29) is 29.0 Å². The first-order valence-electron chi connectivity index (χ1n) is 9.27. The molecule has 0 radical (unpaired) electrons. The van der Waals surface area contributed by atoms with Crippen LogP contribution in [0.2, 0.25) is 0 Å². The molecule has 6 heteroatoms. The number of hydrogen-bond acceptors (Lipinski definition) is 3. The van der Waals surface area contributed by atoms with E-state index < -0.39 is 0 Å². The zero-order valence-corrected chi connectivity index (χ0v) is 15.2. The van der Waals surface area contributed by atoms with Crippen LogP contribution >= 0.6 is 0 Å². The lowest BCUT2D eigenvalue weighted by Crippen LogP contribution is -2.53. The summed E-state index contributed by atoms with van der Waals surface area (Å²) in [6.45, 7) is 9.20. The average molecular weight is 337 g/mol. The summed E-state index contributed by atoms with van der Waals surface area (Å²) in [5.41, 5.74) is -0.289. The van der Waals surface area contributed by atoms with Crippen molar-refractivity contribution in [3.05, 3.63) is 0 Å². The van der Waals surface area contributed by atoms with E-state index in [2.05, 4.69) is 31.4 Å². The molecular formula is C18H31N3O3. The van der Waals surface area contributed by atoms with Gasteiger partial charge in [-0.25, -0.2) is 4.79 Å². The molecule has 3 amide bonds. The Kier molecular flexibility index (Phi) is 4.78. The maximum atomic E-state index is 12.6. The molecule has 3 aliphatic heterocycles. The minimum Gasteiger partial charge on any atom is -0.373 e. The lowest BCUT2D eigenvalue weighted by molar-refractivity contribution is -0.121. The first-order chi connectivity index (χ1) is 11.3. The molecule has 24 heavy (non-hydrogen) atoms. The zero-order chi connectivity index (χ0) is 17.4. The van der Waals surface area contributed by atoms with Crippen molar-refractivity contribution in [3.63, 3.8) is 0 Å². The van der Waals surface area contributed by atoms with Crippen molar-refractivity contribution in [3.8, 4) is 0 Å². The monoisotopic (exact) mass is 337 g/mol. The Morgan fingerprint density at radius 1 is 1.38 bits per heavy atom. The van der Waals surface area contributed by atoms with E-state index in [1.807, 2.05) is 4.90 Å². The molecule has 0 aromatic rings. The number of rotatable bonds is 2. The second-order valence-electron chi connectivity index (χ2n) is 8.59. The van der Waals surface area contributed by atoms with Gasteiger partial charge in [0.05, 0.1) is 11.6 Å². The lowest BCUT2D eigenvalue weighted by atomic mass is 9.74. The average Bonchev–Trinajstić information content (AvgIpc) is 3.09. The fourth-order valence-corrected chi connectivity index (χ4v) is 4.32. The molecule has 0 aromatic carbocycles. The van der Waals surface area contributed by atoms with Gasteiger partial charge in [0.25, 0.3) is 0 Å². The van der Waals surface area contributed by atoms with E-state index in [9.17, 15) is 9.59 Å². The first-order valence-corrected chi connectivity index (χ1v) is 9.27. The van der Waals surface area contributed by atoms with Crippen molar-refractivity contribution in [1.82, 2.24) is 15.5 Å². The molecule has 3 fully saturated rings. The van der Waals surface area contributed by atoms with Gasteiger partial charge in [0.2, 0.25) is 5.91 Å². The maximum absolute atomic E-state index is 12.6. The fraction of sp³-hybridized carbons (Fsp3) is 0.889. The third kappa shape index (κ3) is 3.39. The number of amides is 3. The summed E-state index contributed by atoms with van der Waals surface area (Å²) < 4.78 is 6.05. The highest BCUT2D eigenvalue weighted by Crippen LogP contribution is 2.41. The standard InChI is InChI=1S/C18H31N3O3/c1-17(2,3)18(8-5-9-24-18)12-19-16(23)21-10-13-6-4-7-15(22)20-14(13)11-21/h13-14H,4-12H2,1-3H3,(H,19,23)(H,20,22). The molecule has 136 valence electrons. The SMILES string of the molecule is CC(C)(C)C1(CNC(=O)N2CC3CCCC(=O)NC3C2)CCCO1. The number of fused-ring (bicyclic) bond motifs is 1. The molecule has 6 nitrogen and oxygen atoms in total. The van der Waals surface area contributed by atoms with Crippen LogP contribution in [0.5, 0.6) is 0 Å². The van der Waals surface area contributed by atoms with Crippen molar-refractivity contribution in [2.45, 2.75) is 64.5 Å². The predicted molar refractivity (Wildman–Crippen MR) is 91.6 cm³/mol. The Hall–Kier alpha value is -1.30. The number of carbonyl (C=O) groups is 2. The van der Waals surface area contributed by atoms with Gasteiger partial charge in [-0.05, 0) is 37.0 Å². The van der Waals surface area contributed by atoms with Crippen molar-refractivity contribution >= 4 is 11.9 Å². The van der Waals surface area contributed by atoms with Crippen LogP contribution in [-0.4, -0.2) is 54.7 Å². The lowest BCUT2D eigenvalue weighted by Gasteiger charge is -2.41. The van der Waals surface area contributed by atoms with E-state index in [4.69, 9.17) is 4.74 Å². The summed E-state index contributed by atoms with van der Waals surface area (Å²) in [6.07, 6.45) is 4.58. The summed E-state index contributed by atoms with van der Waals surface area (Å²) in [6, 6.07) is 0.0847. The van der Waals surface area contributed by atoms with Gasteiger partial charge in [-0.1, -0.05) is 20.8 Å². The van der Waals surface area contributed by atoms with Crippen molar-refractivity contribution in [2.75, 3.05) is 26.2 Å². The quantitative estimate of drug-likeness (QED) is 0.808. The van der Waals surface area contributed by atoms with Gasteiger partial charge in [-0.15, -0.1) is 0 Å². The molecule has 3 aliphatic rings. The highest BCUT2D eigenvalue weighted by Gasteiger charge is 2.46. The third-order valence-corrected chi connectivity index (χ3v) is 6.05. The van der Waals surface area contributed by atoms with Gasteiger partial charge in [0, 0.05) is 32.7 Å². The number of hydrogen-bond donors (Lipinski definition) is 2. The van der Waals surface area contributed by atoms with Gasteiger partial charge in [0.15, 0.2) is 0 Å². The zero-order valence-electron chi connectivity index (χ0n) is 15.2. The van der Waals surface area contributed by atoms with Crippen LogP contribution in [0.4, 0.5) is 4.79 Å². The largest absolute Gasteiger partial charge is 0.373 e. The topological polar surface area (TPSA) is 70.7 Å². The van der Waals surface area contributed by atoms with Crippen LogP contribution in [-0.2, 0) is 9.53 Å². The molecule has 0 aliphatic carbocycles. The van der Waals surface area contributed by atoms with Gasteiger partial charge >= 0.3 is 6.03 Å². The van der Waals surface area contributed by atoms with Gasteiger partial charge in [-0.2, -0.15) is 0 Å². The predicted octanol–water partition coefficient (Wildman–Crippen LogP) is 1.89. The van der Waals surface area contributed by atoms with Crippen LogP contribution in [0.15, 0.2) is 0 Å². The summed E-state index contributed by atoms with van der Waals surface area (Å²) in [5.74, 6) is 0.511. The van der Waals surface area contributed by atoms with E-state index in [0.717, 1.165) is 38.8 Å². The summed E-state index contributed by atoms with van der Waals surface area (Å²) in [7, 11) is 0. The van der Waals surface area contributed by atoms with Gasteiger partial charge < -0.3 is 20.3 Å². The molecule has 0 spiro atoms. The number of nitrogens with zero attached hydrogens (tertiary/aromatic N) is 1. The number of likely N-dealkylation sites (tertiary alicyclic amines) is 1. The fourth-order valence-electron chi connectivity index (χ4n) is 4.32. The molecule has 0 bridgehead atoms. The number of nitrogens with one attached hydrogen (secondary N) is 2. The Bertz CT molecular complexity index is 494. The number of urea groups is 1. The van der Waals surface area contributed by atoms with E-state index in [1.54, 1.807) is 0 Å². The molecule has 3 rings (SSSR count). The normalized spacial score (nSPS) is 33.8. The summed E-state index contributed by atoms with van der Waals surface area (Å²) in [4.78, 5) is 26.2. The first kappa shape index (κ1) is 17.5. The number of ether oxygens (including phenoxy) is 1. The maximum Gasteiger partial charge on any atom is 0.317 e. The third-order valence-electron chi connectivity index (χ3n) is 6.05. The van der Waals surface area contributed by atoms with E-state index in [1.165, 1.54) is 0 Å². The van der Waals surface area contributed by atoms with E-state index >= 15 is 0 Å². The minimum atomic E-state index is -0.277.